The van der Waals surface area contributed by atoms with Crippen molar-refractivity contribution in [2.45, 2.75) is 6.92 Å². The molecule has 0 unspecified atom stereocenters. The smallest absolute Gasteiger partial charge is 0.335 e. The van der Waals surface area contributed by atoms with Gasteiger partial charge in [-0.3, -0.25) is 4.79 Å². The number of carboxylic acids is 1. The lowest BCUT2D eigenvalue weighted by atomic mass is 10.1. The van der Waals surface area contributed by atoms with Crippen LogP contribution in [0.15, 0.2) is 53.6 Å². The fourth-order valence-corrected chi connectivity index (χ4v) is 1.87. The van der Waals surface area contributed by atoms with E-state index in [1.807, 2.05) is 6.92 Å². The van der Waals surface area contributed by atoms with E-state index in [9.17, 15) is 9.59 Å². The van der Waals surface area contributed by atoms with Crippen molar-refractivity contribution in [3.8, 4) is 11.5 Å². The van der Waals surface area contributed by atoms with E-state index in [0.717, 1.165) is 5.75 Å². The minimum atomic E-state index is -0.997. The number of hydrogen-bond donors (Lipinski definition) is 2. The Morgan fingerprint density at radius 1 is 1.04 bits per heavy atom. The predicted molar refractivity (Wildman–Crippen MR) is 92.2 cm³/mol. The number of nitrogens with zero attached hydrogens (tertiary/aromatic N) is 1. The summed E-state index contributed by atoms with van der Waals surface area (Å²) in [4.78, 5) is 22.4. The SMILES string of the molecule is CCOc1ccc(OCC(=O)N/N=C/c2ccc(C(=O)O)cc2)cc1. The molecule has 0 aliphatic heterocycles. The fourth-order valence-electron chi connectivity index (χ4n) is 1.87. The highest BCUT2D eigenvalue weighted by Gasteiger charge is 2.03. The molecule has 0 radical (unpaired) electrons. The molecule has 0 aliphatic carbocycles. The number of carbonyl (C=O) groups is 2. The quantitative estimate of drug-likeness (QED) is 0.567. The maximum absolute atomic E-state index is 11.7. The normalized spacial score (nSPS) is 10.4. The van der Waals surface area contributed by atoms with Gasteiger partial charge in [-0.25, -0.2) is 10.2 Å². The first-order valence-electron chi connectivity index (χ1n) is 7.59. The summed E-state index contributed by atoms with van der Waals surface area (Å²) in [5, 5.41) is 12.6. The van der Waals surface area contributed by atoms with Crippen LogP contribution in [0.2, 0.25) is 0 Å². The van der Waals surface area contributed by atoms with Gasteiger partial charge in [-0.1, -0.05) is 12.1 Å². The summed E-state index contributed by atoms with van der Waals surface area (Å²) in [5.41, 5.74) is 3.18. The van der Waals surface area contributed by atoms with E-state index in [0.29, 0.717) is 17.9 Å². The zero-order valence-electron chi connectivity index (χ0n) is 13.6. The number of ether oxygens (including phenoxy) is 2. The van der Waals surface area contributed by atoms with E-state index in [1.165, 1.54) is 18.3 Å². The topological polar surface area (TPSA) is 97.2 Å². The molecule has 1 amide bonds. The van der Waals surface area contributed by atoms with Gasteiger partial charge in [0.25, 0.3) is 5.91 Å². The maximum atomic E-state index is 11.7. The van der Waals surface area contributed by atoms with Gasteiger partial charge in [0, 0.05) is 0 Å². The number of aromatic carboxylic acids is 1. The van der Waals surface area contributed by atoms with Crippen LogP contribution in [0, 0.1) is 0 Å². The molecule has 0 spiro atoms. The van der Waals surface area contributed by atoms with Crippen LogP contribution >= 0.6 is 0 Å². The number of carboxylic acid groups (broad SMARTS) is 1. The molecular formula is C18H18N2O5. The molecular weight excluding hydrogens is 324 g/mol. The van der Waals surface area contributed by atoms with E-state index in [4.69, 9.17) is 14.6 Å². The second-order valence-corrected chi connectivity index (χ2v) is 4.91. The largest absolute Gasteiger partial charge is 0.494 e. The summed E-state index contributed by atoms with van der Waals surface area (Å²) < 4.78 is 10.7. The molecule has 0 atom stereocenters. The molecule has 2 aromatic carbocycles. The third-order valence-electron chi connectivity index (χ3n) is 3.07. The summed E-state index contributed by atoms with van der Waals surface area (Å²) in [6.07, 6.45) is 1.42. The molecule has 0 saturated carbocycles. The van der Waals surface area contributed by atoms with Crippen LogP contribution in [0.5, 0.6) is 11.5 Å². The van der Waals surface area contributed by atoms with Gasteiger partial charge < -0.3 is 14.6 Å². The van der Waals surface area contributed by atoms with E-state index < -0.39 is 11.9 Å². The molecule has 25 heavy (non-hydrogen) atoms. The van der Waals surface area contributed by atoms with Crippen LogP contribution in [-0.4, -0.2) is 36.4 Å². The second-order valence-electron chi connectivity index (χ2n) is 4.91. The Labute approximate surface area is 144 Å². The van der Waals surface area contributed by atoms with Crippen molar-refractivity contribution in [1.29, 1.82) is 0 Å². The van der Waals surface area contributed by atoms with Crippen LogP contribution in [-0.2, 0) is 4.79 Å². The zero-order valence-corrected chi connectivity index (χ0v) is 13.6. The van der Waals surface area contributed by atoms with E-state index >= 15 is 0 Å². The van der Waals surface area contributed by atoms with Crippen molar-refractivity contribution in [2.24, 2.45) is 5.10 Å². The van der Waals surface area contributed by atoms with E-state index in [2.05, 4.69) is 10.5 Å². The van der Waals surface area contributed by atoms with Crippen LogP contribution in [0.4, 0.5) is 0 Å². The standard InChI is InChI=1S/C18H18N2O5/c1-2-24-15-7-9-16(10-8-15)25-12-17(21)20-19-11-13-3-5-14(6-4-13)18(22)23/h3-11H,2,12H2,1H3,(H,20,21)(H,22,23)/b19-11+. The van der Waals surface area contributed by atoms with Crippen molar-refractivity contribution in [3.63, 3.8) is 0 Å². The monoisotopic (exact) mass is 342 g/mol. The van der Waals surface area contributed by atoms with Gasteiger partial charge in [0.05, 0.1) is 18.4 Å². The molecule has 0 bridgehead atoms. The number of benzene rings is 2. The first-order chi connectivity index (χ1) is 12.1. The molecule has 130 valence electrons. The summed E-state index contributed by atoms with van der Waals surface area (Å²) in [5.74, 6) is -0.125. The Balaban J connectivity index is 1.77. The van der Waals surface area contributed by atoms with Crippen LogP contribution in [0.25, 0.3) is 0 Å². The highest BCUT2D eigenvalue weighted by atomic mass is 16.5. The van der Waals surface area contributed by atoms with Gasteiger partial charge in [-0.05, 0) is 48.9 Å². The Kier molecular flexibility index (Phi) is 6.53. The van der Waals surface area contributed by atoms with Crippen molar-refractivity contribution in [1.82, 2.24) is 5.43 Å². The summed E-state index contributed by atoms with van der Waals surface area (Å²) >= 11 is 0. The Morgan fingerprint density at radius 2 is 1.64 bits per heavy atom. The number of amides is 1. The first kappa shape index (κ1) is 18.0. The summed E-state index contributed by atoms with van der Waals surface area (Å²) in [6, 6.07) is 13.1. The van der Waals surface area contributed by atoms with Gasteiger partial charge >= 0.3 is 5.97 Å². The first-order valence-corrected chi connectivity index (χ1v) is 7.59. The summed E-state index contributed by atoms with van der Waals surface area (Å²) in [6.45, 7) is 2.30. The number of nitrogens with one attached hydrogen (secondary N) is 1. The second kappa shape index (κ2) is 9.07. The fraction of sp³-hybridized carbons (Fsp3) is 0.167. The number of hydrogen-bond acceptors (Lipinski definition) is 5. The Bertz CT molecular complexity index is 739. The zero-order chi connectivity index (χ0) is 18.1. The maximum Gasteiger partial charge on any atom is 0.335 e. The number of hydrazone groups is 1. The lowest BCUT2D eigenvalue weighted by molar-refractivity contribution is -0.123. The average Bonchev–Trinajstić information content (AvgIpc) is 2.62. The Hall–Kier alpha value is -3.35. The Morgan fingerprint density at radius 3 is 2.20 bits per heavy atom. The van der Waals surface area contributed by atoms with Crippen molar-refractivity contribution >= 4 is 18.1 Å². The lowest BCUT2D eigenvalue weighted by Gasteiger charge is -2.06. The molecule has 7 nitrogen and oxygen atoms in total. The van der Waals surface area contributed by atoms with Gasteiger partial charge in [-0.2, -0.15) is 5.10 Å². The van der Waals surface area contributed by atoms with E-state index in [1.54, 1.807) is 36.4 Å². The van der Waals surface area contributed by atoms with Crippen molar-refractivity contribution < 1.29 is 24.2 Å². The van der Waals surface area contributed by atoms with Gasteiger partial charge in [-0.15, -0.1) is 0 Å². The molecule has 0 aliphatic rings. The van der Waals surface area contributed by atoms with E-state index in [-0.39, 0.29) is 12.2 Å². The molecule has 7 heteroatoms. The third kappa shape index (κ3) is 5.98. The minimum Gasteiger partial charge on any atom is -0.494 e. The third-order valence-corrected chi connectivity index (χ3v) is 3.07. The highest BCUT2D eigenvalue weighted by molar-refractivity contribution is 5.89. The molecule has 2 N–H and O–H groups in total. The molecule has 0 heterocycles. The lowest BCUT2D eigenvalue weighted by Crippen LogP contribution is -2.24. The minimum absolute atomic E-state index is 0.177. The van der Waals surface area contributed by atoms with Gasteiger partial charge in [0.15, 0.2) is 6.61 Å². The summed E-state index contributed by atoms with van der Waals surface area (Å²) in [7, 11) is 0. The molecule has 2 rings (SSSR count). The molecule has 0 fully saturated rings. The van der Waals surface area contributed by atoms with Crippen molar-refractivity contribution in [3.05, 3.63) is 59.7 Å². The highest BCUT2D eigenvalue weighted by Crippen LogP contribution is 2.17. The number of rotatable bonds is 8. The molecule has 2 aromatic rings. The van der Waals surface area contributed by atoms with Crippen LogP contribution < -0.4 is 14.9 Å². The number of carbonyl (C=O) groups excluding carboxylic acids is 1. The van der Waals surface area contributed by atoms with Gasteiger partial charge in [0.1, 0.15) is 11.5 Å². The van der Waals surface area contributed by atoms with Crippen molar-refractivity contribution in [2.75, 3.05) is 13.2 Å². The van der Waals surface area contributed by atoms with Crippen LogP contribution in [0.3, 0.4) is 0 Å². The predicted octanol–water partition coefficient (Wildman–Crippen LogP) is 2.31. The molecule has 0 aromatic heterocycles. The van der Waals surface area contributed by atoms with Gasteiger partial charge in [0.2, 0.25) is 0 Å². The van der Waals surface area contributed by atoms with Crippen LogP contribution in [0.1, 0.15) is 22.8 Å². The molecule has 0 saturated heterocycles. The average molecular weight is 342 g/mol.